The molecule has 3 aliphatic rings. The van der Waals surface area contributed by atoms with Gasteiger partial charge in [-0.2, -0.15) is 0 Å². The molecule has 3 aliphatic carbocycles. The number of hydrogen-bond acceptors (Lipinski definition) is 9. The fraction of sp³-hybridized carbons (Fsp3) is 0.429. The van der Waals surface area contributed by atoms with Gasteiger partial charge in [-0.25, -0.2) is 9.59 Å². The lowest BCUT2D eigenvalue weighted by molar-refractivity contribution is -0.137. The SMILES string of the molecule is COC(=O)c1cc(OCC(=O)NC23CCC(NC(=O)COc4ccc(Cl)c(C(=O)OC)c4)(CC2)[C@@H](O)C3)ccc1Cl. The van der Waals surface area contributed by atoms with Crippen LogP contribution in [0.15, 0.2) is 36.4 Å². The Labute approximate surface area is 246 Å². The van der Waals surface area contributed by atoms with Gasteiger partial charge in [0.25, 0.3) is 11.8 Å². The van der Waals surface area contributed by atoms with Gasteiger partial charge >= 0.3 is 11.9 Å². The van der Waals surface area contributed by atoms with Crippen LogP contribution in [0.2, 0.25) is 10.0 Å². The standard InChI is InChI=1S/C28H30Cl2N2O9/c1-38-25(36)18-11-16(3-5-20(18)29)40-14-23(34)31-27-7-9-28(10-8-27,22(33)13-27)32-24(35)15-41-17-4-6-21(30)19(12-17)26(37)39-2/h3-6,11-12,22,33H,7-10,13-15H2,1-2H3,(H,31,34)(H,32,35)/t22-,27?,28?/m0/s1. The Hall–Kier alpha value is -3.54. The first-order chi connectivity index (χ1) is 19.5. The van der Waals surface area contributed by atoms with E-state index >= 15 is 0 Å². The lowest BCUT2D eigenvalue weighted by Crippen LogP contribution is -2.70. The summed E-state index contributed by atoms with van der Waals surface area (Å²) in [6.07, 6.45) is 1.36. The number of methoxy groups -OCH3 is 2. The zero-order chi connectivity index (χ0) is 29.8. The number of fused-ring (bicyclic) bond motifs is 3. The van der Waals surface area contributed by atoms with Gasteiger partial charge < -0.3 is 34.7 Å². The lowest BCUT2D eigenvalue weighted by Gasteiger charge is -2.56. The number of halogens is 2. The first kappa shape index (κ1) is 30.4. The highest BCUT2D eigenvalue weighted by Crippen LogP contribution is 2.47. The van der Waals surface area contributed by atoms with E-state index in [4.69, 9.17) is 37.4 Å². The minimum atomic E-state index is -0.893. The molecule has 1 atom stereocenters. The summed E-state index contributed by atoms with van der Waals surface area (Å²) in [7, 11) is 2.47. The largest absolute Gasteiger partial charge is 0.484 e. The van der Waals surface area contributed by atoms with Gasteiger partial charge in [0.15, 0.2) is 13.2 Å². The van der Waals surface area contributed by atoms with Crippen LogP contribution in [0.1, 0.15) is 52.8 Å². The number of hydrogen-bond donors (Lipinski definition) is 3. The van der Waals surface area contributed by atoms with E-state index in [2.05, 4.69) is 15.4 Å². The fourth-order valence-corrected chi connectivity index (χ4v) is 5.72. The second-order valence-corrected chi connectivity index (χ2v) is 10.9. The van der Waals surface area contributed by atoms with E-state index < -0.39 is 35.0 Å². The number of ether oxygens (including phenoxy) is 4. The van der Waals surface area contributed by atoms with Gasteiger partial charge in [-0.1, -0.05) is 23.2 Å². The van der Waals surface area contributed by atoms with Gasteiger partial charge in [-0.3, -0.25) is 9.59 Å². The molecule has 2 amide bonds. The van der Waals surface area contributed by atoms with Crippen molar-refractivity contribution in [1.82, 2.24) is 10.6 Å². The van der Waals surface area contributed by atoms with Crippen LogP contribution in [0, 0.1) is 0 Å². The quantitative estimate of drug-likeness (QED) is 0.346. The summed E-state index contributed by atoms with van der Waals surface area (Å²) in [5.41, 5.74) is -1.23. The minimum absolute atomic E-state index is 0.114. The second kappa shape index (κ2) is 12.5. The molecular formula is C28H30Cl2N2O9. The zero-order valence-electron chi connectivity index (χ0n) is 22.5. The zero-order valence-corrected chi connectivity index (χ0v) is 24.0. The monoisotopic (exact) mass is 608 g/mol. The highest BCUT2D eigenvalue weighted by atomic mass is 35.5. The Morgan fingerprint density at radius 1 is 0.805 bits per heavy atom. The topological polar surface area (TPSA) is 149 Å². The van der Waals surface area contributed by atoms with Crippen LogP contribution >= 0.6 is 23.2 Å². The Morgan fingerprint density at radius 2 is 1.27 bits per heavy atom. The van der Waals surface area contributed by atoms with Crippen LogP contribution in [0.3, 0.4) is 0 Å². The number of aliphatic hydroxyl groups is 1. The molecule has 0 radical (unpaired) electrons. The maximum Gasteiger partial charge on any atom is 0.339 e. The summed E-state index contributed by atoms with van der Waals surface area (Å²) in [4.78, 5) is 49.2. The summed E-state index contributed by atoms with van der Waals surface area (Å²) in [6.45, 7) is -0.639. The number of carbonyl (C=O) groups excluding carboxylic acids is 4. The van der Waals surface area contributed by atoms with Crippen molar-refractivity contribution in [2.24, 2.45) is 0 Å². The van der Waals surface area contributed by atoms with Crippen molar-refractivity contribution >= 4 is 47.0 Å². The number of esters is 2. The first-order valence-electron chi connectivity index (χ1n) is 12.8. The van der Waals surface area contributed by atoms with E-state index in [1.165, 1.54) is 50.6 Å². The Kier molecular flexibility index (Phi) is 9.31. The molecule has 2 bridgehead atoms. The second-order valence-electron chi connectivity index (χ2n) is 10.1. The number of benzene rings is 2. The predicted octanol–water partition coefficient (Wildman–Crippen LogP) is 3.07. The molecule has 2 aromatic carbocycles. The number of amides is 2. The van der Waals surface area contributed by atoms with Gasteiger partial charge in [0.2, 0.25) is 0 Å². The van der Waals surface area contributed by atoms with E-state index in [-0.39, 0.29) is 58.2 Å². The summed E-state index contributed by atoms with van der Waals surface area (Å²) in [5, 5.41) is 17.3. The molecule has 13 heteroatoms. The summed E-state index contributed by atoms with van der Waals surface area (Å²) in [6, 6.07) is 8.81. The maximum absolute atomic E-state index is 12.7. The molecule has 3 fully saturated rings. The van der Waals surface area contributed by atoms with Crippen molar-refractivity contribution in [3.63, 3.8) is 0 Å². The highest BCUT2D eigenvalue weighted by molar-refractivity contribution is 6.34. The van der Waals surface area contributed by atoms with E-state index in [1.54, 1.807) is 0 Å². The summed E-state index contributed by atoms with van der Waals surface area (Å²) in [5.74, 6) is -1.52. The van der Waals surface area contributed by atoms with E-state index in [9.17, 15) is 24.3 Å². The molecule has 11 nitrogen and oxygen atoms in total. The van der Waals surface area contributed by atoms with Crippen LogP contribution in [-0.2, 0) is 19.1 Å². The Balaban J connectivity index is 1.29. The van der Waals surface area contributed by atoms with Crippen LogP contribution in [-0.4, -0.2) is 73.5 Å². The minimum Gasteiger partial charge on any atom is -0.484 e. The van der Waals surface area contributed by atoms with Crippen LogP contribution in [0.5, 0.6) is 11.5 Å². The predicted molar refractivity (Wildman–Crippen MR) is 147 cm³/mol. The smallest absolute Gasteiger partial charge is 0.339 e. The van der Waals surface area contributed by atoms with Crippen molar-refractivity contribution in [2.75, 3.05) is 27.4 Å². The number of carbonyl (C=O) groups is 4. The molecule has 3 N–H and O–H groups in total. The van der Waals surface area contributed by atoms with Crippen LogP contribution in [0.4, 0.5) is 0 Å². The van der Waals surface area contributed by atoms with E-state index in [1.807, 2.05) is 0 Å². The number of aliphatic hydroxyl groups excluding tert-OH is 1. The molecule has 3 saturated carbocycles. The molecule has 0 unspecified atom stereocenters. The molecule has 0 aromatic heterocycles. The maximum atomic E-state index is 12.7. The third kappa shape index (κ3) is 6.86. The fourth-order valence-electron chi connectivity index (χ4n) is 5.33. The molecule has 41 heavy (non-hydrogen) atoms. The van der Waals surface area contributed by atoms with Crippen molar-refractivity contribution < 1.29 is 43.2 Å². The van der Waals surface area contributed by atoms with Crippen molar-refractivity contribution in [1.29, 1.82) is 0 Å². The van der Waals surface area contributed by atoms with E-state index in [0.717, 1.165) is 0 Å². The Bertz CT molecular complexity index is 1340. The van der Waals surface area contributed by atoms with Gasteiger partial charge in [0, 0.05) is 5.54 Å². The molecule has 220 valence electrons. The third-order valence-electron chi connectivity index (χ3n) is 7.54. The average Bonchev–Trinajstić information content (AvgIpc) is 2.96. The van der Waals surface area contributed by atoms with Gasteiger partial charge in [-0.15, -0.1) is 0 Å². The molecule has 0 saturated heterocycles. The van der Waals surface area contributed by atoms with Crippen LogP contribution in [0.25, 0.3) is 0 Å². The average molecular weight is 609 g/mol. The van der Waals surface area contributed by atoms with E-state index in [0.29, 0.717) is 25.7 Å². The first-order valence-corrected chi connectivity index (χ1v) is 13.6. The third-order valence-corrected chi connectivity index (χ3v) is 8.20. The molecule has 0 spiro atoms. The molecule has 0 aliphatic heterocycles. The van der Waals surface area contributed by atoms with Gasteiger partial charge in [0.1, 0.15) is 11.5 Å². The normalized spacial score (nSPS) is 22.8. The molecule has 0 heterocycles. The summed E-state index contributed by atoms with van der Waals surface area (Å²) < 4.78 is 20.5. The highest BCUT2D eigenvalue weighted by Gasteiger charge is 2.55. The number of nitrogens with one attached hydrogen (secondary N) is 2. The van der Waals surface area contributed by atoms with Gasteiger partial charge in [0.05, 0.1) is 47.0 Å². The van der Waals surface area contributed by atoms with Crippen LogP contribution < -0.4 is 20.1 Å². The van der Waals surface area contributed by atoms with Crippen molar-refractivity contribution in [3.05, 3.63) is 57.6 Å². The Morgan fingerprint density at radius 3 is 1.71 bits per heavy atom. The molecular weight excluding hydrogens is 579 g/mol. The molecule has 2 aromatic rings. The molecule has 5 rings (SSSR count). The lowest BCUT2D eigenvalue weighted by atomic mass is 9.60. The number of rotatable bonds is 10. The van der Waals surface area contributed by atoms with Crippen molar-refractivity contribution in [2.45, 2.75) is 49.3 Å². The van der Waals surface area contributed by atoms with Crippen molar-refractivity contribution in [3.8, 4) is 11.5 Å². The summed E-state index contributed by atoms with van der Waals surface area (Å²) >= 11 is 12.0. The van der Waals surface area contributed by atoms with Gasteiger partial charge in [-0.05, 0) is 68.5 Å².